The summed E-state index contributed by atoms with van der Waals surface area (Å²) in [6.07, 6.45) is 1.53. The number of cyclic esters (lactones) is 1. The molecular formula is C13H14N2O3. The van der Waals surface area contributed by atoms with Crippen molar-refractivity contribution in [2.45, 2.75) is 6.92 Å². The molecule has 2 rings (SSSR count). The molecule has 94 valence electrons. The first-order valence-electron chi connectivity index (χ1n) is 5.63. The van der Waals surface area contributed by atoms with Crippen LogP contribution in [-0.4, -0.2) is 24.9 Å². The lowest BCUT2D eigenvalue weighted by Gasteiger charge is -2.06. The molecule has 0 spiro atoms. The van der Waals surface area contributed by atoms with Crippen molar-refractivity contribution in [3.63, 3.8) is 0 Å². The van der Waals surface area contributed by atoms with Crippen LogP contribution in [0, 0.1) is 6.92 Å². The third-order valence-corrected chi connectivity index (χ3v) is 2.55. The molecule has 1 saturated heterocycles. The zero-order valence-corrected chi connectivity index (χ0v) is 10.0. The maximum atomic E-state index is 11.2. The van der Waals surface area contributed by atoms with Crippen molar-refractivity contribution in [1.82, 2.24) is 5.43 Å². The highest BCUT2D eigenvalue weighted by atomic mass is 16.5. The minimum Gasteiger partial charge on any atom is -0.454 e. The van der Waals surface area contributed by atoms with E-state index in [4.69, 9.17) is 0 Å². The van der Waals surface area contributed by atoms with E-state index in [1.165, 1.54) is 11.6 Å². The molecular weight excluding hydrogens is 232 g/mol. The van der Waals surface area contributed by atoms with Gasteiger partial charge in [0.15, 0.2) is 6.61 Å². The van der Waals surface area contributed by atoms with E-state index in [2.05, 4.69) is 15.6 Å². The van der Waals surface area contributed by atoms with Gasteiger partial charge in [-0.25, -0.2) is 10.2 Å². The molecule has 0 aromatic heterocycles. The summed E-state index contributed by atoms with van der Waals surface area (Å²) < 4.78 is 4.60. The van der Waals surface area contributed by atoms with Crippen LogP contribution >= 0.6 is 0 Å². The summed E-state index contributed by atoms with van der Waals surface area (Å²) in [5.41, 5.74) is 8.09. The first-order valence-corrected chi connectivity index (χ1v) is 5.63. The summed E-state index contributed by atoms with van der Waals surface area (Å²) in [7, 11) is 0. The van der Waals surface area contributed by atoms with Gasteiger partial charge in [-0.3, -0.25) is 4.79 Å². The molecule has 18 heavy (non-hydrogen) atoms. The number of anilines is 1. The second-order valence-corrected chi connectivity index (χ2v) is 3.99. The minimum atomic E-state index is -0.544. The maximum Gasteiger partial charge on any atom is 0.342 e. The second kappa shape index (κ2) is 5.46. The van der Waals surface area contributed by atoms with E-state index in [9.17, 15) is 9.59 Å². The fraction of sp³-hybridized carbons (Fsp3) is 0.231. The van der Waals surface area contributed by atoms with E-state index in [0.717, 1.165) is 5.69 Å². The van der Waals surface area contributed by atoms with Gasteiger partial charge >= 0.3 is 5.97 Å². The smallest absolute Gasteiger partial charge is 0.342 e. The number of hydrogen-bond donors (Lipinski definition) is 2. The van der Waals surface area contributed by atoms with Crippen molar-refractivity contribution in [3.05, 3.63) is 41.5 Å². The molecule has 1 aliphatic heterocycles. The Morgan fingerprint density at radius 3 is 2.61 bits per heavy atom. The van der Waals surface area contributed by atoms with Gasteiger partial charge < -0.3 is 10.2 Å². The number of ketones is 1. The number of aryl methyl sites for hydroxylation is 1. The predicted molar refractivity (Wildman–Crippen MR) is 66.9 cm³/mol. The molecule has 1 aromatic carbocycles. The fourth-order valence-corrected chi connectivity index (χ4v) is 1.54. The molecule has 1 heterocycles. The average molecular weight is 246 g/mol. The Balaban J connectivity index is 1.82. The molecule has 1 aliphatic rings. The summed E-state index contributed by atoms with van der Waals surface area (Å²) in [5, 5.41) is 0. The highest BCUT2D eigenvalue weighted by Crippen LogP contribution is 2.09. The molecule has 0 atom stereocenters. The minimum absolute atomic E-state index is 0.119. The molecule has 1 fully saturated rings. The SMILES string of the molecule is Cc1ccc(NNCC=C2C(=O)COC2=O)cc1. The van der Waals surface area contributed by atoms with Gasteiger partial charge in [0.2, 0.25) is 5.78 Å². The summed E-state index contributed by atoms with van der Waals surface area (Å²) in [6, 6.07) is 7.84. The van der Waals surface area contributed by atoms with Gasteiger partial charge in [0.05, 0.1) is 0 Å². The van der Waals surface area contributed by atoms with E-state index in [-0.39, 0.29) is 18.0 Å². The maximum absolute atomic E-state index is 11.2. The number of carbonyl (C=O) groups excluding carboxylic acids is 2. The van der Waals surface area contributed by atoms with E-state index in [1.54, 1.807) is 0 Å². The van der Waals surface area contributed by atoms with Crippen LogP contribution in [0.4, 0.5) is 5.69 Å². The van der Waals surface area contributed by atoms with E-state index in [0.29, 0.717) is 6.54 Å². The lowest BCUT2D eigenvalue weighted by atomic mass is 10.2. The van der Waals surface area contributed by atoms with Gasteiger partial charge in [0.1, 0.15) is 5.57 Å². The highest BCUT2D eigenvalue weighted by molar-refractivity contribution is 6.21. The number of ether oxygens (including phenoxy) is 1. The van der Waals surface area contributed by atoms with Gasteiger partial charge in [-0.1, -0.05) is 23.8 Å². The number of esters is 1. The van der Waals surface area contributed by atoms with Crippen LogP contribution in [-0.2, 0) is 14.3 Å². The number of benzene rings is 1. The summed E-state index contributed by atoms with van der Waals surface area (Å²) in [4.78, 5) is 22.4. The van der Waals surface area contributed by atoms with E-state index < -0.39 is 5.97 Å². The van der Waals surface area contributed by atoms with E-state index >= 15 is 0 Å². The van der Waals surface area contributed by atoms with Gasteiger partial charge in [0.25, 0.3) is 0 Å². The summed E-state index contributed by atoms with van der Waals surface area (Å²) in [5.74, 6) is -0.811. The van der Waals surface area contributed by atoms with Crippen molar-refractivity contribution in [1.29, 1.82) is 0 Å². The summed E-state index contributed by atoms with van der Waals surface area (Å²) >= 11 is 0. The van der Waals surface area contributed by atoms with Gasteiger partial charge in [0, 0.05) is 12.2 Å². The van der Waals surface area contributed by atoms with Gasteiger partial charge in [-0.2, -0.15) is 0 Å². The van der Waals surface area contributed by atoms with Crippen LogP contribution in [0.15, 0.2) is 35.9 Å². The van der Waals surface area contributed by atoms with Crippen LogP contribution in [0.3, 0.4) is 0 Å². The Bertz CT molecular complexity index is 473. The average Bonchev–Trinajstić information content (AvgIpc) is 2.68. The number of hydrazine groups is 1. The fourth-order valence-electron chi connectivity index (χ4n) is 1.54. The van der Waals surface area contributed by atoms with Gasteiger partial charge in [-0.15, -0.1) is 0 Å². The van der Waals surface area contributed by atoms with Crippen LogP contribution in [0.5, 0.6) is 0 Å². The third-order valence-electron chi connectivity index (χ3n) is 2.55. The predicted octanol–water partition coefficient (Wildman–Crippen LogP) is 0.964. The van der Waals surface area contributed by atoms with Crippen LogP contribution in [0.25, 0.3) is 0 Å². The van der Waals surface area contributed by atoms with Crippen LogP contribution in [0.2, 0.25) is 0 Å². The molecule has 1 aromatic rings. The number of nitrogens with one attached hydrogen (secondary N) is 2. The Hall–Kier alpha value is -2.14. The third kappa shape index (κ3) is 2.95. The van der Waals surface area contributed by atoms with Crippen molar-refractivity contribution in [2.24, 2.45) is 0 Å². The Morgan fingerprint density at radius 1 is 1.28 bits per heavy atom. The molecule has 2 N–H and O–H groups in total. The topological polar surface area (TPSA) is 67.4 Å². The van der Waals surface area contributed by atoms with Crippen LogP contribution in [0.1, 0.15) is 5.56 Å². The quantitative estimate of drug-likeness (QED) is 0.272. The Morgan fingerprint density at radius 2 is 2.00 bits per heavy atom. The molecule has 0 unspecified atom stereocenters. The standard InChI is InChI=1S/C13H14N2O3/c1-9-2-4-10(5-3-9)15-14-7-6-11-12(16)8-18-13(11)17/h2-6,14-15H,7-8H2,1H3. The van der Waals surface area contributed by atoms with Crippen molar-refractivity contribution >= 4 is 17.4 Å². The number of rotatable bonds is 4. The molecule has 0 bridgehead atoms. The van der Waals surface area contributed by atoms with Crippen molar-refractivity contribution in [3.8, 4) is 0 Å². The van der Waals surface area contributed by atoms with Gasteiger partial charge in [-0.05, 0) is 19.1 Å². The first-order chi connectivity index (χ1) is 8.66. The molecule has 5 heteroatoms. The second-order valence-electron chi connectivity index (χ2n) is 3.99. The van der Waals surface area contributed by atoms with Crippen LogP contribution < -0.4 is 10.9 Å². The highest BCUT2D eigenvalue weighted by Gasteiger charge is 2.27. The monoisotopic (exact) mass is 246 g/mol. The Labute approximate surface area is 105 Å². The van der Waals surface area contributed by atoms with Crippen molar-refractivity contribution in [2.75, 3.05) is 18.6 Å². The number of Topliss-reactive ketones (excluding diaryl/α,β-unsaturated/α-hetero) is 1. The zero-order valence-electron chi connectivity index (χ0n) is 10.0. The zero-order chi connectivity index (χ0) is 13.0. The molecule has 0 saturated carbocycles. The molecule has 5 nitrogen and oxygen atoms in total. The lowest BCUT2D eigenvalue weighted by Crippen LogP contribution is -2.22. The Kier molecular flexibility index (Phi) is 3.74. The lowest BCUT2D eigenvalue weighted by molar-refractivity contribution is -0.135. The summed E-state index contributed by atoms with van der Waals surface area (Å²) in [6.45, 7) is 2.24. The molecule has 0 amide bonds. The molecule has 0 aliphatic carbocycles. The largest absolute Gasteiger partial charge is 0.454 e. The number of hydrogen-bond acceptors (Lipinski definition) is 5. The normalized spacial score (nSPS) is 17.1. The molecule has 0 radical (unpaired) electrons. The van der Waals surface area contributed by atoms with Crippen molar-refractivity contribution < 1.29 is 14.3 Å². The first kappa shape index (κ1) is 12.3. The van der Waals surface area contributed by atoms with E-state index in [1.807, 2.05) is 31.2 Å². The number of carbonyl (C=O) groups is 2.